The molecule has 0 radical (unpaired) electrons. The number of sulfonamides is 1. The van der Waals surface area contributed by atoms with E-state index in [0.29, 0.717) is 51.3 Å². The highest BCUT2D eigenvalue weighted by Crippen LogP contribution is 2.38. The van der Waals surface area contributed by atoms with E-state index in [0.717, 1.165) is 23.3 Å². The fraction of sp³-hybridized carbons (Fsp3) is 0.462. The molecule has 7 nitrogen and oxygen atoms in total. The molecule has 0 spiro atoms. The SMILES string of the molecule is CN[C@@H](Cc1ccc(C=N)cc1)C(=O)N1CCC(N(C2CC2)S(=O)(=O)c2cccc(C(F)(F)F)c2)CC1. The van der Waals surface area contributed by atoms with Gasteiger partial charge >= 0.3 is 6.18 Å². The van der Waals surface area contributed by atoms with Crippen LogP contribution in [0.2, 0.25) is 0 Å². The van der Waals surface area contributed by atoms with Gasteiger partial charge in [0.1, 0.15) is 0 Å². The Morgan fingerprint density at radius 2 is 1.73 bits per heavy atom. The molecule has 1 heterocycles. The first kappa shape index (κ1) is 27.3. The van der Waals surface area contributed by atoms with Gasteiger partial charge in [0.05, 0.1) is 16.5 Å². The first-order valence-electron chi connectivity index (χ1n) is 12.3. The van der Waals surface area contributed by atoms with Crippen LogP contribution in [0.4, 0.5) is 13.2 Å². The number of alkyl halides is 3. The van der Waals surface area contributed by atoms with Crippen LogP contribution in [-0.4, -0.2) is 68.0 Å². The molecule has 0 unspecified atom stereocenters. The Labute approximate surface area is 215 Å². The number of carbonyl (C=O) groups is 1. The topological polar surface area (TPSA) is 93.6 Å². The molecule has 2 fully saturated rings. The Hall–Kier alpha value is -2.76. The van der Waals surface area contributed by atoms with Crippen molar-refractivity contribution in [1.29, 1.82) is 5.41 Å². The summed E-state index contributed by atoms with van der Waals surface area (Å²) in [5, 5.41) is 10.4. The summed E-state index contributed by atoms with van der Waals surface area (Å²) in [7, 11) is -2.40. The van der Waals surface area contributed by atoms with Crippen molar-refractivity contribution in [2.75, 3.05) is 20.1 Å². The molecule has 11 heteroatoms. The summed E-state index contributed by atoms with van der Waals surface area (Å²) >= 11 is 0. The maximum atomic E-state index is 13.5. The number of nitrogens with zero attached hydrogens (tertiary/aromatic N) is 2. The van der Waals surface area contributed by atoms with Gasteiger partial charge in [0.25, 0.3) is 0 Å². The van der Waals surface area contributed by atoms with Crippen LogP contribution in [0.1, 0.15) is 42.4 Å². The van der Waals surface area contributed by atoms with Crippen LogP contribution in [0.3, 0.4) is 0 Å². The molecule has 4 rings (SSSR count). The van der Waals surface area contributed by atoms with Gasteiger partial charge in [-0.25, -0.2) is 8.42 Å². The predicted octanol–water partition coefficient (Wildman–Crippen LogP) is 3.68. The van der Waals surface area contributed by atoms with Crippen molar-refractivity contribution in [2.24, 2.45) is 0 Å². The number of piperidine rings is 1. The number of hydrogen-bond acceptors (Lipinski definition) is 5. The molecule has 1 aliphatic heterocycles. The molecule has 37 heavy (non-hydrogen) atoms. The monoisotopic (exact) mass is 536 g/mol. The summed E-state index contributed by atoms with van der Waals surface area (Å²) in [6.07, 6.45) is -0.701. The Morgan fingerprint density at radius 3 is 2.27 bits per heavy atom. The Balaban J connectivity index is 1.44. The van der Waals surface area contributed by atoms with E-state index in [1.54, 1.807) is 11.9 Å². The first-order chi connectivity index (χ1) is 17.5. The molecule has 200 valence electrons. The van der Waals surface area contributed by atoms with Crippen LogP contribution < -0.4 is 5.32 Å². The second-order valence-electron chi connectivity index (χ2n) is 9.58. The quantitative estimate of drug-likeness (QED) is 0.479. The number of likely N-dealkylation sites (tertiary alicyclic amines) is 1. The summed E-state index contributed by atoms with van der Waals surface area (Å²) < 4.78 is 67.9. The third-order valence-corrected chi connectivity index (χ3v) is 9.01. The Bertz CT molecular complexity index is 1220. The van der Waals surface area contributed by atoms with Crippen LogP contribution in [0, 0.1) is 5.41 Å². The highest BCUT2D eigenvalue weighted by atomic mass is 32.2. The number of amides is 1. The summed E-state index contributed by atoms with van der Waals surface area (Å²) in [5.74, 6) is -0.0733. The lowest BCUT2D eigenvalue weighted by Gasteiger charge is -2.39. The van der Waals surface area contributed by atoms with E-state index in [4.69, 9.17) is 5.41 Å². The fourth-order valence-electron chi connectivity index (χ4n) is 4.83. The number of halogens is 3. The molecule has 0 bridgehead atoms. The summed E-state index contributed by atoms with van der Waals surface area (Å²) in [5.41, 5.74) is 0.744. The fourth-order valence-corrected chi connectivity index (χ4v) is 6.81. The lowest BCUT2D eigenvalue weighted by Crippen LogP contribution is -2.53. The maximum absolute atomic E-state index is 13.5. The predicted molar refractivity (Wildman–Crippen MR) is 134 cm³/mol. The van der Waals surface area contributed by atoms with Crippen molar-refractivity contribution in [3.63, 3.8) is 0 Å². The van der Waals surface area contributed by atoms with Crippen molar-refractivity contribution in [2.45, 2.75) is 61.3 Å². The second kappa shape index (κ2) is 10.9. The van der Waals surface area contributed by atoms with Crippen molar-refractivity contribution in [3.05, 3.63) is 65.2 Å². The van der Waals surface area contributed by atoms with Crippen LogP contribution in [0.5, 0.6) is 0 Å². The first-order valence-corrected chi connectivity index (χ1v) is 13.7. The Kier molecular flexibility index (Phi) is 8.05. The van der Waals surface area contributed by atoms with E-state index in [1.807, 2.05) is 24.3 Å². The lowest BCUT2D eigenvalue weighted by molar-refractivity contribution is -0.137. The number of hydrogen-bond donors (Lipinski definition) is 2. The summed E-state index contributed by atoms with van der Waals surface area (Å²) in [6, 6.07) is 10.3. The van der Waals surface area contributed by atoms with Crippen LogP contribution in [0.15, 0.2) is 53.4 Å². The van der Waals surface area contributed by atoms with Crippen molar-refractivity contribution >= 4 is 22.1 Å². The van der Waals surface area contributed by atoms with E-state index >= 15 is 0 Å². The normalized spacial score (nSPS) is 18.1. The number of rotatable bonds is 9. The molecule has 2 N–H and O–H groups in total. The molecule has 0 aromatic heterocycles. The van der Waals surface area contributed by atoms with Gasteiger partial charge in [-0.2, -0.15) is 17.5 Å². The van der Waals surface area contributed by atoms with Gasteiger partial charge in [-0.3, -0.25) is 4.79 Å². The van der Waals surface area contributed by atoms with Gasteiger partial charge in [-0.1, -0.05) is 30.3 Å². The minimum atomic E-state index is -4.63. The molecule has 2 aromatic rings. The Morgan fingerprint density at radius 1 is 1.11 bits per heavy atom. The summed E-state index contributed by atoms with van der Waals surface area (Å²) in [4.78, 5) is 14.6. The van der Waals surface area contributed by atoms with Gasteiger partial charge < -0.3 is 15.6 Å². The van der Waals surface area contributed by atoms with E-state index in [9.17, 15) is 26.4 Å². The minimum absolute atomic E-state index is 0.0733. The molecule has 1 aliphatic carbocycles. The molecule has 2 aromatic carbocycles. The zero-order chi connectivity index (χ0) is 26.8. The van der Waals surface area contributed by atoms with Crippen molar-refractivity contribution < 1.29 is 26.4 Å². The van der Waals surface area contributed by atoms with Crippen LogP contribution in [0.25, 0.3) is 0 Å². The van der Waals surface area contributed by atoms with Crippen LogP contribution >= 0.6 is 0 Å². The number of nitrogens with one attached hydrogen (secondary N) is 2. The van der Waals surface area contributed by atoms with E-state index in [1.165, 1.54) is 16.6 Å². The zero-order valence-corrected chi connectivity index (χ0v) is 21.4. The molecule has 2 aliphatic rings. The zero-order valence-electron chi connectivity index (χ0n) is 20.5. The largest absolute Gasteiger partial charge is 0.416 e. The van der Waals surface area contributed by atoms with E-state index in [-0.39, 0.29) is 22.9 Å². The van der Waals surface area contributed by atoms with E-state index < -0.39 is 27.8 Å². The average molecular weight is 537 g/mol. The van der Waals surface area contributed by atoms with Gasteiger partial charge in [-0.15, -0.1) is 0 Å². The molecular weight excluding hydrogens is 505 g/mol. The molecular formula is C26H31F3N4O3S. The highest BCUT2D eigenvalue weighted by Gasteiger charge is 2.44. The van der Waals surface area contributed by atoms with Gasteiger partial charge in [-0.05, 0) is 68.5 Å². The second-order valence-corrected chi connectivity index (χ2v) is 11.4. The lowest BCUT2D eigenvalue weighted by atomic mass is 10.0. The van der Waals surface area contributed by atoms with E-state index in [2.05, 4.69) is 5.32 Å². The van der Waals surface area contributed by atoms with Gasteiger partial charge in [0, 0.05) is 31.4 Å². The minimum Gasteiger partial charge on any atom is -0.341 e. The number of likely N-dealkylation sites (N-methyl/N-ethyl adjacent to an activating group) is 1. The molecule has 1 amide bonds. The summed E-state index contributed by atoms with van der Waals surface area (Å²) in [6.45, 7) is 0.742. The standard InChI is InChI=1S/C26H31F3N4O3S/c1-31-24(15-18-5-7-19(17-30)8-6-18)25(34)32-13-11-22(12-14-32)33(21-9-10-21)37(35,36)23-4-2-3-20(16-23)26(27,28)29/h2-8,16-17,21-22,24,30-31H,9-15H2,1H3/t24-/m0/s1. The van der Waals surface area contributed by atoms with Crippen molar-refractivity contribution in [3.8, 4) is 0 Å². The van der Waals surface area contributed by atoms with Gasteiger partial charge in [0.2, 0.25) is 15.9 Å². The third-order valence-electron chi connectivity index (χ3n) is 7.01. The molecule has 1 saturated heterocycles. The average Bonchev–Trinajstić information content (AvgIpc) is 3.72. The number of benzene rings is 2. The molecule has 1 atom stereocenters. The highest BCUT2D eigenvalue weighted by molar-refractivity contribution is 7.89. The number of carbonyl (C=O) groups excluding carboxylic acids is 1. The van der Waals surface area contributed by atoms with Gasteiger partial charge in [0.15, 0.2) is 0 Å². The third kappa shape index (κ3) is 6.22. The maximum Gasteiger partial charge on any atom is 0.416 e. The van der Waals surface area contributed by atoms with Crippen LogP contribution in [-0.2, 0) is 27.4 Å². The smallest absolute Gasteiger partial charge is 0.341 e. The van der Waals surface area contributed by atoms with Crippen molar-refractivity contribution in [1.82, 2.24) is 14.5 Å². The molecule has 1 saturated carbocycles.